The summed E-state index contributed by atoms with van der Waals surface area (Å²) in [6.45, 7) is 4.59. The second-order valence-electron chi connectivity index (χ2n) is 5.19. The SMILES string of the molecule is Cc1ccc2c(CNc3ccccc3)cc(=O)oc2c1C. The highest BCUT2D eigenvalue weighted by Crippen LogP contribution is 2.23. The lowest BCUT2D eigenvalue weighted by atomic mass is 10.0. The van der Waals surface area contributed by atoms with E-state index < -0.39 is 0 Å². The van der Waals surface area contributed by atoms with Crippen LogP contribution in [0.4, 0.5) is 5.69 Å². The van der Waals surface area contributed by atoms with Gasteiger partial charge in [-0.25, -0.2) is 4.79 Å². The van der Waals surface area contributed by atoms with E-state index in [0.717, 1.165) is 27.8 Å². The molecular formula is C18H17NO2. The fourth-order valence-corrected chi connectivity index (χ4v) is 2.42. The lowest BCUT2D eigenvalue weighted by Crippen LogP contribution is -2.06. The van der Waals surface area contributed by atoms with Gasteiger partial charge in [-0.15, -0.1) is 0 Å². The Kier molecular flexibility index (Phi) is 3.48. The number of hydrogen-bond acceptors (Lipinski definition) is 3. The summed E-state index contributed by atoms with van der Waals surface area (Å²) in [6.07, 6.45) is 0. The highest BCUT2D eigenvalue weighted by Gasteiger charge is 2.09. The van der Waals surface area contributed by atoms with E-state index in [2.05, 4.69) is 11.4 Å². The van der Waals surface area contributed by atoms with Gasteiger partial charge in [0.25, 0.3) is 0 Å². The molecule has 0 saturated carbocycles. The van der Waals surface area contributed by atoms with Gasteiger partial charge < -0.3 is 9.73 Å². The Balaban J connectivity index is 2.02. The monoisotopic (exact) mass is 279 g/mol. The average molecular weight is 279 g/mol. The predicted molar refractivity (Wildman–Crippen MR) is 85.7 cm³/mol. The predicted octanol–water partition coefficient (Wildman–Crippen LogP) is 4.02. The van der Waals surface area contributed by atoms with Crippen LogP contribution in [0.5, 0.6) is 0 Å². The number of rotatable bonds is 3. The Hall–Kier alpha value is -2.55. The third-order valence-corrected chi connectivity index (χ3v) is 3.77. The highest BCUT2D eigenvalue weighted by molar-refractivity contribution is 5.84. The molecule has 0 fully saturated rings. The van der Waals surface area contributed by atoms with Crippen molar-refractivity contribution in [2.45, 2.75) is 20.4 Å². The van der Waals surface area contributed by atoms with Gasteiger partial charge in [0.1, 0.15) is 5.58 Å². The molecule has 3 heteroatoms. The summed E-state index contributed by atoms with van der Waals surface area (Å²) in [6, 6.07) is 15.6. The molecule has 0 unspecified atom stereocenters. The van der Waals surface area contributed by atoms with Crippen molar-refractivity contribution in [3.8, 4) is 0 Å². The molecule has 3 nitrogen and oxygen atoms in total. The third-order valence-electron chi connectivity index (χ3n) is 3.77. The normalized spacial score (nSPS) is 10.8. The zero-order chi connectivity index (χ0) is 14.8. The molecule has 106 valence electrons. The topological polar surface area (TPSA) is 42.2 Å². The lowest BCUT2D eigenvalue weighted by molar-refractivity contribution is 0.556. The van der Waals surface area contributed by atoms with Crippen molar-refractivity contribution in [1.29, 1.82) is 0 Å². The maximum atomic E-state index is 11.8. The molecule has 2 aromatic carbocycles. The molecule has 0 aliphatic heterocycles. The van der Waals surface area contributed by atoms with Gasteiger partial charge in [-0.05, 0) is 42.7 Å². The van der Waals surface area contributed by atoms with Crippen LogP contribution in [0.3, 0.4) is 0 Å². The molecule has 1 heterocycles. The van der Waals surface area contributed by atoms with Gasteiger partial charge in [0, 0.05) is 23.7 Å². The number of anilines is 1. The maximum absolute atomic E-state index is 11.8. The fraction of sp³-hybridized carbons (Fsp3) is 0.167. The Morgan fingerprint density at radius 2 is 1.81 bits per heavy atom. The van der Waals surface area contributed by atoms with Gasteiger partial charge in [-0.3, -0.25) is 0 Å². The van der Waals surface area contributed by atoms with Crippen LogP contribution in [0.15, 0.2) is 57.7 Å². The first-order chi connectivity index (χ1) is 10.1. The quantitative estimate of drug-likeness (QED) is 0.736. The van der Waals surface area contributed by atoms with Crippen LogP contribution in [0, 0.1) is 13.8 Å². The zero-order valence-corrected chi connectivity index (χ0v) is 12.1. The van der Waals surface area contributed by atoms with E-state index in [1.165, 1.54) is 0 Å². The molecule has 0 atom stereocenters. The van der Waals surface area contributed by atoms with E-state index in [1.807, 2.05) is 50.2 Å². The van der Waals surface area contributed by atoms with Crippen molar-refractivity contribution in [3.63, 3.8) is 0 Å². The molecule has 1 aromatic heterocycles. The van der Waals surface area contributed by atoms with Gasteiger partial charge >= 0.3 is 5.63 Å². The third kappa shape index (κ3) is 2.68. The fourth-order valence-electron chi connectivity index (χ4n) is 2.42. The van der Waals surface area contributed by atoms with Crippen molar-refractivity contribution >= 4 is 16.7 Å². The molecule has 1 N–H and O–H groups in total. The summed E-state index contributed by atoms with van der Waals surface area (Å²) >= 11 is 0. The number of nitrogens with one attached hydrogen (secondary N) is 1. The lowest BCUT2D eigenvalue weighted by Gasteiger charge is -2.10. The van der Waals surface area contributed by atoms with Crippen molar-refractivity contribution in [1.82, 2.24) is 0 Å². The number of benzene rings is 2. The Morgan fingerprint density at radius 1 is 1.05 bits per heavy atom. The number of para-hydroxylation sites is 1. The van der Waals surface area contributed by atoms with Crippen LogP contribution >= 0.6 is 0 Å². The number of hydrogen-bond donors (Lipinski definition) is 1. The summed E-state index contributed by atoms with van der Waals surface area (Å²) in [5, 5.41) is 4.32. The van der Waals surface area contributed by atoms with Crippen molar-refractivity contribution < 1.29 is 4.42 Å². The first kappa shape index (κ1) is 13.4. The van der Waals surface area contributed by atoms with E-state index in [1.54, 1.807) is 6.07 Å². The summed E-state index contributed by atoms with van der Waals surface area (Å²) in [7, 11) is 0. The molecule has 0 spiro atoms. The van der Waals surface area contributed by atoms with Crippen LogP contribution in [-0.4, -0.2) is 0 Å². The smallest absolute Gasteiger partial charge is 0.336 e. The Morgan fingerprint density at radius 3 is 2.57 bits per heavy atom. The largest absolute Gasteiger partial charge is 0.422 e. The van der Waals surface area contributed by atoms with Crippen LogP contribution in [0.2, 0.25) is 0 Å². The first-order valence-corrected chi connectivity index (χ1v) is 6.97. The van der Waals surface area contributed by atoms with Crippen molar-refractivity contribution in [2.75, 3.05) is 5.32 Å². The first-order valence-electron chi connectivity index (χ1n) is 6.97. The van der Waals surface area contributed by atoms with Gasteiger partial charge in [0.05, 0.1) is 0 Å². The van der Waals surface area contributed by atoms with Gasteiger partial charge in [0.15, 0.2) is 0 Å². The van der Waals surface area contributed by atoms with E-state index in [-0.39, 0.29) is 5.63 Å². The summed E-state index contributed by atoms with van der Waals surface area (Å²) in [5.41, 5.74) is 4.51. The van der Waals surface area contributed by atoms with E-state index in [9.17, 15) is 4.79 Å². The number of fused-ring (bicyclic) bond motifs is 1. The average Bonchev–Trinajstić information content (AvgIpc) is 2.50. The molecule has 0 amide bonds. The minimum atomic E-state index is -0.305. The maximum Gasteiger partial charge on any atom is 0.336 e. The van der Waals surface area contributed by atoms with Crippen molar-refractivity contribution in [2.24, 2.45) is 0 Å². The molecular weight excluding hydrogens is 262 g/mol. The summed E-state index contributed by atoms with van der Waals surface area (Å²) in [4.78, 5) is 11.8. The van der Waals surface area contributed by atoms with Crippen LogP contribution in [0.25, 0.3) is 11.0 Å². The molecule has 3 rings (SSSR count). The molecule has 0 saturated heterocycles. The Bertz CT molecular complexity index is 835. The summed E-state index contributed by atoms with van der Waals surface area (Å²) in [5.74, 6) is 0. The highest BCUT2D eigenvalue weighted by atomic mass is 16.4. The van der Waals surface area contributed by atoms with E-state index in [0.29, 0.717) is 12.1 Å². The molecule has 0 radical (unpaired) electrons. The zero-order valence-electron chi connectivity index (χ0n) is 12.1. The summed E-state index contributed by atoms with van der Waals surface area (Å²) < 4.78 is 5.38. The molecule has 3 aromatic rings. The van der Waals surface area contributed by atoms with Gasteiger partial charge in [-0.2, -0.15) is 0 Å². The van der Waals surface area contributed by atoms with Crippen LogP contribution < -0.4 is 10.9 Å². The minimum absolute atomic E-state index is 0.305. The van der Waals surface area contributed by atoms with Gasteiger partial charge in [0.2, 0.25) is 0 Å². The van der Waals surface area contributed by atoms with Crippen molar-refractivity contribution in [3.05, 3.63) is 75.6 Å². The van der Waals surface area contributed by atoms with E-state index >= 15 is 0 Å². The second kappa shape index (κ2) is 5.44. The van der Waals surface area contributed by atoms with Gasteiger partial charge in [-0.1, -0.05) is 30.3 Å². The van der Waals surface area contributed by atoms with Crippen LogP contribution in [-0.2, 0) is 6.54 Å². The van der Waals surface area contributed by atoms with E-state index in [4.69, 9.17) is 4.42 Å². The minimum Gasteiger partial charge on any atom is -0.422 e. The molecule has 0 aliphatic rings. The molecule has 0 aliphatic carbocycles. The van der Waals surface area contributed by atoms with Crippen LogP contribution in [0.1, 0.15) is 16.7 Å². The standard InChI is InChI=1S/C18H17NO2/c1-12-8-9-16-14(10-17(20)21-18(16)13(12)2)11-19-15-6-4-3-5-7-15/h3-10,19H,11H2,1-2H3. The molecule has 0 bridgehead atoms. The molecule has 21 heavy (non-hydrogen) atoms. The second-order valence-corrected chi connectivity index (χ2v) is 5.19. The Labute approximate surface area is 123 Å². The number of aryl methyl sites for hydroxylation is 2.